The minimum atomic E-state index is 0.323. The Balaban J connectivity index is 2.12. The fraction of sp³-hybridized carbons (Fsp3) is 0.714. The molecule has 0 aliphatic carbocycles. The van der Waals surface area contributed by atoms with Gasteiger partial charge >= 0.3 is 0 Å². The van der Waals surface area contributed by atoms with Gasteiger partial charge in [0.25, 0.3) is 0 Å². The second-order valence-electron chi connectivity index (χ2n) is 5.41. The molecule has 1 saturated heterocycles. The van der Waals surface area contributed by atoms with Crippen LogP contribution in [0.2, 0.25) is 0 Å². The molecule has 4 heteroatoms. The molecular formula is C14H22N2OS. The lowest BCUT2D eigenvalue weighted by atomic mass is 10.0. The van der Waals surface area contributed by atoms with Crippen molar-refractivity contribution in [2.24, 2.45) is 5.92 Å². The Morgan fingerprint density at radius 3 is 2.89 bits per heavy atom. The number of thiazole rings is 1. The summed E-state index contributed by atoms with van der Waals surface area (Å²) < 4.78 is 0. The average Bonchev–Trinajstić information content (AvgIpc) is 2.94. The van der Waals surface area contributed by atoms with E-state index in [1.807, 2.05) is 0 Å². The number of rotatable bonds is 5. The molecule has 1 unspecified atom stereocenters. The van der Waals surface area contributed by atoms with Gasteiger partial charge in [-0.1, -0.05) is 38.5 Å². The summed E-state index contributed by atoms with van der Waals surface area (Å²) in [6.07, 6.45) is 4.78. The Morgan fingerprint density at radius 2 is 2.33 bits per heavy atom. The van der Waals surface area contributed by atoms with Crippen LogP contribution in [0.25, 0.3) is 0 Å². The molecule has 18 heavy (non-hydrogen) atoms. The number of carbonyl (C=O) groups excluding carboxylic acids is 1. The Morgan fingerprint density at radius 1 is 1.56 bits per heavy atom. The number of aromatic nitrogens is 1. The number of hydrogen-bond donors (Lipinski definition) is 0. The smallest absolute Gasteiger partial charge is 0.186 e. The van der Waals surface area contributed by atoms with E-state index in [-0.39, 0.29) is 0 Å². The molecule has 0 amide bonds. The Hall–Kier alpha value is -0.900. The summed E-state index contributed by atoms with van der Waals surface area (Å²) in [5, 5.41) is 1.04. The molecule has 3 nitrogen and oxygen atoms in total. The molecule has 0 N–H and O–H groups in total. The Kier molecular flexibility index (Phi) is 4.38. The highest BCUT2D eigenvalue weighted by Crippen LogP contribution is 2.33. The first-order valence-electron chi connectivity index (χ1n) is 6.86. The molecule has 1 aliphatic heterocycles. The van der Waals surface area contributed by atoms with E-state index in [0.29, 0.717) is 5.92 Å². The van der Waals surface area contributed by atoms with Crippen molar-refractivity contribution < 1.29 is 4.79 Å². The van der Waals surface area contributed by atoms with Crippen LogP contribution >= 0.6 is 11.3 Å². The molecule has 0 spiro atoms. The third-order valence-corrected chi connectivity index (χ3v) is 4.63. The van der Waals surface area contributed by atoms with Gasteiger partial charge < -0.3 is 4.90 Å². The predicted octanol–water partition coefficient (Wildman–Crippen LogP) is 3.71. The highest BCUT2D eigenvalue weighted by molar-refractivity contribution is 7.17. The molecule has 2 rings (SSSR count). The van der Waals surface area contributed by atoms with Gasteiger partial charge in [0.1, 0.15) is 0 Å². The van der Waals surface area contributed by atoms with Gasteiger partial charge in [0.05, 0.1) is 10.6 Å². The standard InChI is InChI=1S/C14H22N2OS/c1-4-5-11-6-7-16(8-11)14-15-13(10(2)3)12(9-17)18-14/h9-11H,4-8H2,1-3H3. The van der Waals surface area contributed by atoms with Crippen LogP contribution in [0.15, 0.2) is 0 Å². The van der Waals surface area contributed by atoms with Crippen molar-refractivity contribution in [3.8, 4) is 0 Å². The van der Waals surface area contributed by atoms with Gasteiger partial charge in [-0.2, -0.15) is 0 Å². The van der Waals surface area contributed by atoms with Crippen LogP contribution in [0.5, 0.6) is 0 Å². The van der Waals surface area contributed by atoms with Gasteiger partial charge in [0.2, 0.25) is 0 Å². The van der Waals surface area contributed by atoms with Crippen molar-refractivity contribution in [3.63, 3.8) is 0 Å². The van der Waals surface area contributed by atoms with Crippen LogP contribution in [0.3, 0.4) is 0 Å². The van der Waals surface area contributed by atoms with E-state index in [0.717, 1.165) is 41.0 Å². The van der Waals surface area contributed by atoms with Crippen LogP contribution in [0.1, 0.15) is 61.3 Å². The van der Waals surface area contributed by atoms with Crippen LogP contribution in [0, 0.1) is 5.92 Å². The van der Waals surface area contributed by atoms with Gasteiger partial charge in [-0.3, -0.25) is 4.79 Å². The molecule has 1 aliphatic rings. The third kappa shape index (κ3) is 2.74. The maximum atomic E-state index is 11.1. The highest BCUT2D eigenvalue weighted by Gasteiger charge is 2.25. The lowest BCUT2D eigenvalue weighted by Gasteiger charge is -2.14. The quantitative estimate of drug-likeness (QED) is 0.762. The Labute approximate surface area is 113 Å². The van der Waals surface area contributed by atoms with E-state index in [4.69, 9.17) is 0 Å². The first kappa shape index (κ1) is 13.5. The lowest BCUT2D eigenvalue weighted by Crippen LogP contribution is -2.19. The van der Waals surface area contributed by atoms with E-state index < -0.39 is 0 Å². The second kappa shape index (κ2) is 5.83. The molecule has 100 valence electrons. The highest BCUT2D eigenvalue weighted by atomic mass is 32.1. The monoisotopic (exact) mass is 266 g/mol. The SMILES string of the molecule is CCCC1CCN(c2nc(C(C)C)c(C=O)s2)C1. The zero-order valence-electron chi connectivity index (χ0n) is 11.5. The van der Waals surface area contributed by atoms with Crippen LogP contribution < -0.4 is 4.90 Å². The fourth-order valence-corrected chi connectivity index (χ4v) is 3.68. The molecule has 0 saturated carbocycles. The van der Waals surface area contributed by atoms with E-state index in [1.165, 1.54) is 19.3 Å². The third-order valence-electron chi connectivity index (χ3n) is 3.58. The molecule has 0 bridgehead atoms. The molecule has 1 fully saturated rings. The number of carbonyl (C=O) groups is 1. The van der Waals surface area contributed by atoms with Gasteiger partial charge in [0.15, 0.2) is 11.4 Å². The molecule has 2 heterocycles. The van der Waals surface area contributed by atoms with E-state index in [1.54, 1.807) is 11.3 Å². The maximum Gasteiger partial charge on any atom is 0.186 e. The van der Waals surface area contributed by atoms with Crippen molar-refractivity contribution in [1.29, 1.82) is 0 Å². The summed E-state index contributed by atoms with van der Waals surface area (Å²) in [6.45, 7) is 8.63. The van der Waals surface area contributed by atoms with Gasteiger partial charge in [-0.15, -0.1) is 0 Å². The van der Waals surface area contributed by atoms with Crippen molar-refractivity contribution in [2.45, 2.75) is 46.0 Å². The lowest BCUT2D eigenvalue weighted by molar-refractivity contribution is 0.112. The van der Waals surface area contributed by atoms with Crippen molar-refractivity contribution >= 4 is 22.8 Å². The molecule has 1 aromatic heterocycles. The fourth-order valence-electron chi connectivity index (χ4n) is 2.62. The first-order valence-corrected chi connectivity index (χ1v) is 7.68. The topological polar surface area (TPSA) is 33.2 Å². The van der Waals surface area contributed by atoms with Crippen LogP contribution in [0.4, 0.5) is 5.13 Å². The largest absolute Gasteiger partial charge is 0.348 e. The zero-order chi connectivity index (χ0) is 13.1. The van der Waals surface area contributed by atoms with Crippen molar-refractivity contribution in [2.75, 3.05) is 18.0 Å². The molecule has 0 radical (unpaired) electrons. The number of anilines is 1. The summed E-state index contributed by atoms with van der Waals surface area (Å²) in [7, 11) is 0. The number of nitrogens with zero attached hydrogens (tertiary/aromatic N) is 2. The first-order chi connectivity index (χ1) is 8.65. The predicted molar refractivity (Wildman–Crippen MR) is 76.8 cm³/mol. The van der Waals surface area contributed by atoms with Crippen LogP contribution in [-0.2, 0) is 0 Å². The zero-order valence-corrected chi connectivity index (χ0v) is 12.3. The van der Waals surface area contributed by atoms with Crippen LogP contribution in [-0.4, -0.2) is 24.4 Å². The second-order valence-corrected chi connectivity index (χ2v) is 6.42. The summed E-state index contributed by atoms with van der Waals surface area (Å²) >= 11 is 1.55. The van der Waals surface area contributed by atoms with Gasteiger partial charge in [-0.05, 0) is 24.7 Å². The number of aldehydes is 1. The van der Waals surface area contributed by atoms with E-state index in [2.05, 4.69) is 30.7 Å². The number of hydrogen-bond acceptors (Lipinski definition) is 4. The minimum absolute atomic E-state index is 0.323. The van der Waals surface area contributed by atoms with Gasteiger partial charge in [-0.25, -0.2) is 4.98 Å². The summed E-state index contributed by atoms with van der Waals surface area (Å²) in [6, 6.07) is 0. The average molecular weight is 266 g/mol. The van der Waals surface area contributed by atoms with Gasteiger partial charge in [0, 0.05) is 13.1 Å². The van der Waals surface area contributed by atoms with Crippen molar-refractivity contribution in [3.05, 3.63) is 10.6 Å². The van der Waals surface area contributed by atoms with Crippen molar-refractivity contribution in [1.82, 2.24) is 4.98 Å². The van der Waals surface area contributed by atoms with E-state index in [9.17, 15) is 4.79 Å². The Bertz CT molecular complexity index is 414. The summed E-state index contributed by atoms with van der Waals surface area (Å²) in [5.74, 6) is 1.13. The molecular weight excluding hydrogens is 244 g/mol. The minimum Gasteiger partial charge on any atom is -0.348 e. The normalized spacial score (nSPS) is 19.8. The maximum absolute atomic E-state index is 11.1. The summed E-state index contributed by atoms with van der Waals surface area (Å²) in [4.78, 5) is 18.9. The molecule has 1 aromatic rings. The molecule has 0 aromatic carbocycles. The van der Waals surface area contributed by atoms with E-state index >= 15 is 0 Å². The molecule has 1 atom stereocenters. The summed E-state index contributed by atoms with van der Waals surface area (Å²) in [5.41, 5.74) is 0.962.